The van der Waals surface area contributed by atoms with Gasteiger partial charge in [0.15, 0.2) is 9.84 Å². The molecule has 0 saturated carbocycles. The molecular weight excluding hydrogens is 306 g/mol. The maximum absolute atomic E-state index is 11.7. The summed E-state index contributed by atoms with van der Waals surface area (Å²) in [7, 11) is -3.23. The second kappa shape index (κ2) is 5.06. The Morgan fingerprint density at radius 1 is 1.47 bits per heavy atom. The van der Waals surface area contributed by atoms with Crippen LogP contribution in [0.5, 0.6) is 0 Å². The lowest BCUT2D eigenvalue weighted by Gasteiger charge is -2.25. The minimum atomic E-state index is -3.23. The highest BCUT2D eigenvalue weighted by Gasteiger charge is 2.23. The van der Waals surface area contributed by atoms with Gasteiger partial charge in [-0.2, -0.15) is 0 Å². The van der Waals surface area contributed by atoms with E-state index in [-0.39, 0.29) is 6.10 Å². The summed E-state index contributed by atoms with van der Waals surface area (Å²) in [6, 6.07) is 5.16. The van der Waals surface area contributed by atoms with Gasteiger partial charge >= 0.3 is 0 Å². The van der Waals surface area contributed by atoms with Crippen LogP contribution in [0, 0.1) is 0 Å². The SMILES string of the molecule is CS(=O)(=O)c1ccc(Br)cc1C1CNCCO1. The number of hydrogen-bond acceptors (Lipinski definition) is 4. The lowest BCUT2D eigenvalue weighted by Crippen LogP contribution is -2.34. The molecule has 0 aliphatic carbocycles. The Kier molecular flexibility index (Phi) is 3.87. The maximum Gasteiger partial charge on any atom is 0.175 e. The van der Waals surface area contributed by atoms with E-state index in [1.807, 2.05) is 6.07 Å². The Labute approximate surface area is 109 Å². The van der Waals surface area contributed by atoms with Crippen LogP contribution in [0.15, 0.2) is 27.6 Å². The molecule has 1 aromatic rings. The van der Waals surface area contributed by atoms with E-state index in [9.17, 15) is 8.42 Å². The number of halogens is 1. The van der Waals surface area contributed by atoms with Gasteiger partial charge in [0.2, 0.25) is 0 Å². The number of rotatable bonds is 2. The third-order valence-electron chi connectivity index (χ3n) is 2.65. The predicted octanol–water partition coefficient (Wildman–Crippen LogP) is 1.51. The van der Waals surface area contributed by atoms with Crippen LogP contribution >= 0.6 is 15.9 Å². The van der Waals surface area contributed by atoms with Gasteiger partial charge in [-0.3, -0.25) is 0 Å². The summed E-state index contributed by atoms with van der Waals surface area (Å²) in [6.07, 6.45) is 1.02. The van der Waals surface area contributed by atoms with Crippen molar-refractivity contribution in [3.8, 4) is 0 Å². The molecule has 94 valence electrons. The van der Waals surface area contributed by atoms with Crippen LogP contribution in [0.2, 0.25) is 0 Å². The zero-order valence-corrected chi connectivity index (χ0v) is 11.8. The van der Waals surface area contributed by atoms with Gasteiger partial charge in [0.05, 0.1) is 17.6 Å². The normalized spacial score (nSPS) is 21.4. The highest BCUT2D eigenvalue weighted by Crippen LogP contribution is 2.29. The standard InChI is InChI=1S/C11H14BrNO3S/c1-17(14,15)11-3-2-8(12)6-9(11)10-7-13-4-5-16-10/h2-3,6,10,13H,4-5,7H2,1H3. The first-order chi connectivity index (χ1) is 7.98. The third kappa shape index (κ3) is 3.07. The lowest BCUT2D eigenvalue weighted by atomic mass is 10.1. The number of nitrogens with one attached hydrogen (secondary N) is 1. The zero-order chi connectivity index (χ0) is 12.5. The molecule has 4 nitrogen and oxygen atoms in total. The van der Waals surface area contributed by atoms with Crippen molar-refractivity contribution < 1.29 is 13.2 Å². The smallest absolute Gasteiger partial charge is 0.175 e. The second-order valence-corrected chi connectivity index (χ2v) is 6.92. The number of hydrogen-bond donors (Lipinski definition) is 1. The van der Waals surface area contributed by atoms with Gasteiger partial charge < -0.3 is 10.1 Å². The lowest BCUT2D eigenvalue weighted by molar-refractivity contribution is 0.0259. The van der Waals surface area contributed by atoms with Gasteiger partial charge in [-0.05, 0) is 18.2 Å². The number of sulfone groups is 1. The summed E-state index contributed by atoms with van der Waals surface area (Å²) < 4.78 is 29.9. The van der Waals surface area contributed by atoms with Crippen LogP contribution in [-0.2, 0) is 14.6 Å². The van der Waals surface area contributed by atoms with Gasteiger partial charge in [0, 0.05) is 29.4 Å². The minimum Gasteiger partial charge on any atom is -0.371 e. The molecule has 2 rings (SSSR count). The molecule has 0 bridgehead atoms. The van der Waals surface area contributed by atoms with Crippen LogP contribution in [0.1, 0.15) is 11.7 Å². The summed E-state index contributed by atoms with van der Waals surface area (Å²) in [5, 5.41) is 3.20. The minimum absolute atomic E-state index is 0.203. The van der Waals surface area contributed by atoms with Crippen molar-refractivity contribution in [1.29, 1.82) is 0 Å². The first kappa shape index (κ1) is 13.0. The molecule has 6 heteroatoms. The molecular formula is C11H14BrNO3S. The largest absolute Gasteiger partial charge is 0.371 e. The quantitative estimate of drug-likeness (QED) is 0.897. The molecule has 1 aromatic carbocycles. The number of ether oxygens (including phenoxy) is 1. The Bertz CT molecular complexity index is 509. The molecule has 1 saturated heterocycles. The molecule has 0 spiro atoms. The fraction of sp³-hybridized carbons (Fsp3) is 0.455. The number of benzene rings is 1. The topological polar surface area (TPSA) is 55.4 Å². The molecule has 0 amide bonds. The van der Waals surface area contributed by atoms with Gasteiger partial charge in [0.25, 0.3) is 0 Å². The van der Waals surface area contributed by atoms with E-state index in [1.54, 1.807) is 12.1 Å². The van der Waals surface area contributed by atoms with Crippen LogP contribution in [-0.4, -0.2) is 34.4 Å². The van der Waals surface area contributed by atoms with Crippen LogP contribution < -0.4 is 5.32 Å². The summed E-state index contributed by atoms with van der Waals surface area (Å²) in [5.74, 6) is 0. The molecule has 1 N–H and O–H groups in total. The van der Waals surface area contributed by atoms with E-state index in [0.717, 1.165) is 11.0 Å². The van der Waals surface area contributed by atoms with Crippen molar-refractivity contribution in [2.24, 2.45) is 0 Å². The van der Waals surface area contributed by atoms with E-state index in [1.165, 1.54) is 6.26 Å². The monoisotopic (exact) mass is 319 g/mol. The van der Waals surface area contributed by atoms with E-state index in [0.29, 0.717) is 23.6 Å². The van der Waals surface area contributed by atoms with Crippen molar-refractivity contribution >= 4 is 25.8 Å². The molecule has 1 aliphatic rings. The molecule has 1 atom stereocenters. The van der Waals surface area contributed by atoms with Crippen molar-refractivity contribution in [1.82, 2.24) is 5.32 Å². The maximum atomic E-state index is 11.7. The molecule has 0 radical (unpaired) electrons. The Balaban J connectivity index is 2.46. The van der Waals surface area contributed by atoms with Crippen molar-refractivity contribution in [3.05, 3.63) is 28.2 Å². The van der Waals surface area contributed by atoms with E-state index in [2.05, 4.69) is 21.2 Å². The highest BCUT2D eigenvalue weighted by molar-refractivity contribution is 9.10. The zero-order valence-electron chi connectivity index (χ0n) is 9.44. The van der Waals surface area contributed by atoms with Crippen LogP contribution in [0.4, 0.5) is 0 Å². The molecule has 1 fully saturated rings. The Morgan fingerprint density at radius 3 is 2.82 bits per heavy atom. The molecule has 1 aliphatic heterocycles. The van der Waals surface area contributed by atoms with Gasteiger partial charge in [-0.25, -0.2) is 8.42 Å². The third-order valence-corrected chi connectivity index (χ3v) is 4.31. The summed E-state index contributed by atoms with van der Waals surface area (Å²) in [5.41, 5.74) is 0.717. The van der Waals surface area contributed by atoms with Crippen molar-refractivity contribution in [2.45, 2.75) is 11.0 Å². The average molecular weight is 320 g/mol. The first-order valence-corrected chi connectivity index (χ1v) is 7.99. The summed E-state index contributed by atoms with van der Waals surface area (Å²) in [4.78, 5) is 0.342. The van der Waals surface area contributed by atoms with E-state index < -0.39 is 9.84 Å². The number of morpholine rings is 1. The van der Waals surface area contributed by atoms with Crippen molar-refractivity contribution in [3.63, 3.8) is 0 Å². The summed E-state index contributed by atoms with van der Waals surface area (Å²) >= 11 is 3.36. The molecule has 0 aromatic heterocycles. The van der Waals surface area contributed by atoms with Gasteiger partial charge in [0.1, 0.15) is 0 Å². The predicted molar refractivity (Wildman–Crippen MR) is 68.8 cm³/mol. The van der Waals surface area contributed by atoms with Gasteiger partial charge in [-0.1, -0.05) is 15.9 Å². The van der Waals surface area contributed by atoms with Gasteiger partial charge in [-0.15, -0.1) is 0 Å². The average Bonchev–Trinajstić information content (AvgIpc) is 2.28. The fourth-order valence-corrected chi connectivity index (χ4v) is 3.19. The molecule has 1 unspecified atom stereocenters. The molecule has 1 heterocycles. The molecule has 17 heavy (non-hydrogen) atoms. The van der Waals surface area contributed by atoms with E-state index in [4.69, 9.17) is 4.74 Å². The van der Waals surface area contributed by atoms with Crippen LogP contribution in [0.3, 0.4) is 0 Å². The first-order valence-electron chi connectivity index (χ1n) is 5.30. The second-order valence-electron chi connectivity index (χ2n) is 4.02. The van der Waals surface area contributed by atoms with Crippen molar-refractivity contribution in [2.75, 3.05) is 26.0 Å². The Morgan fingerprint density at radius 2 is 2.24 bits per heavy atom. The summed E-state index contributed by atoms with van der Waals surface area (Å²) in [6.45, 7) is 2.04. The van der Waals surface area contributed by atoms with Crippen LogP contribution in [0.25, 0.3) is 0 Å². The fourth-order valence-electron chi connectivity index (χ4n) is 1.87. The van der Waals surface area contributed by atoms with E-state index >= 15 is 0 Å². The Hall–Kier alpha value is -0.430. The highest BCUT2D eigenvalue weighted by atomic mass is 79.9.